The Hall–Kier alpha value is -2.92. The molecule has 0 aliphatic heterocycles. The van der Waals surface area contributed by atoms with Gasteiger partial charge in [0, 0.05) is 18.2 Å². The molecule has 25 heavy (non-hydrogen) atoms. The highest BCUT2D eigenvalue weighted by atomic mass is 16.5. The lowest BCUT2D eigenvalue weighted by Gasteiger charge is -2.13. The molecule has 5 heteroatoms. The molecule has 0 unspecified atom stereocenters. The van der Waals surface area contributed by atoms with Gasteiger partial charge in [-0.15, -0.1) is 0 Å². The molecule has 1 atom stereocenters. The highest BCUT2D eigenvalue weighted by Gasteiger charge is 2.08. The van der Waals surface area contributed by atoms with Crippen LogP contribution in [-0.4, -0.2) is 28.7 Å². The summed E-state index contributed by atoms with van der Waals surface area (Å²) in [6.07, 6.45) is 0.925. The van der Waals surface area contributed by atoms with Crippen molar-refractivity contribution < 1.29 is 9.84 Å². The Balaban J connectivity index is 1.72. The summed E-state index contributed by atoms with van der Waals surface area (Å²) >= 11 is 0. The van der Waals surface area contributed by atoms with Gasteiger partial charge in [0.15, 0.2) is 0 Å². The molecule has 1 aromatic heterocycles. The van der Waals surface area contributed by atoms with Crippen LogP contribution in [0.2, 0.25) is 0 Å². The molecule has 3 rings (SSSR count). The van der Waals surface area contributed by atoms with Crippen LogP contribution in [0.4, 0.5) is 5.82 Å². The molecule has 3 aromatic rings. The average Bonchev–Trinajstić information content (AvgIpc) is 2.67. The molecule has 0 saturated heterocycles. The molecule has 128 valence electrons. The standard InChI is InChI=1S/C20H21N3O2/c1-14-10-16(8-9-19(14)25-2)17-11-20(23-13-22-17)21-12-18(24)15-6-4-3-5-7-15/h3-11,13,18,24H,12H2,1-2H3,(H,21,22,23)/t18-/m0/s1. The lowest BCUT2D eigenvalue weighted by molar-refractivity contribution is 0.191. The maximum atomic E-state index is 10.2. The first-order chi connectivity index (χ1) is 12.2. The Morgan fingerprint density at radius 2 is 1.88 bits per heavy atom. The summed E-state index contributed by atoms with van der Waals surface area (Å²) in [4.78, 5) is 8.57. The molecular formula is C20H21N3O2. The number of methoxy groups -OCH3 is 1. The summed E-state index contributed by atoms with van der Waals surface area (Å²) < 4.78 is 5.29. The summed E-state index contributed by atoms with van der Waals surface area (Å²) in [6.45, 7) is 2.38. The fourth-order valence-corrected chi connectivity index (χ4v) is 2.64. The summed E-state index contributed by atoms with van der Waals surface area (Å²) in [5, 5.41) is 13.4. The molecule has 1 heterocycles. The van der Waals surface area contributed by atoms with E-state index in [-0.39, 0.29) is 0 Å². The molecule has 0 aliphatic carbocycles. The monoisotopic (exact) mass is 335 g/mol. The van der Waals surface area contributed by atoms with Gasteiger partial charge in [0.2, 0.25) is 0 Å². The smallest absolute Gasteiger partial charge is 0.130 e. The van der Waals surface area contributed by atoms with Crippen molar-refractivity contribution in [1.29, 1.82) is 0 Å². The van der Waals surface area contributed by atoms with E-state index >= 15 is 0 Å². The lowest BCUT2D eigenvalue weighted by atomic mass is 10.1. The van der Waals surface area contributed by atoms with Gasteiger partial charge in [-0.1, -0.05) is 30.3 Å². The van der Waals surface area contributed by atoms with Crippen molar-refractivity contribution in [2.24, 2.45) is 0 Å². The molecule has 0 spiro atoms. The number of aryl methyl sites for hydroxylation is 1. The number of ether oxygens (including phenoxy) is 1. The van der Waals surface area contributed by atoms with E-state index < -0.39 is 6.10 Å². The van der Waals surface area contributed by atoms with Gasteiger partial charge < -0.3 is 15.2 Å². The van der Waals surface area contributed by atoms with Crippen LogP contribution in [0.25, 0.3) is 11.3 Å². The predicted molar refractivity (Wildman–Crippen MR) is 98.6 cm³/mol. The highest BCUT2D eigenvalue weighted by Crippen LogP contribution is 2.25. The van der Waals surface area contributed by atoms with Gasteiger partial charge in [0.05, 0.1) is 18.9 Å². The van der Waals surface area contributed by atoms with Gasteiger partial charge in [-0.05, 0) is 36.2 Å². The van der Waals surface area contributed by atoms with E-state index in [1.165, 1.54) is 6.33 Å². The van der Waals surface area contributed by atoms with Crippen molar-refractivity contribution in [2.75, 3.05) is 19.0 Å². The summed E-state index contributed by atoms with van der Waals surface area (Å²) in [5.41, 5.74) is 3.73. The minimum absolute atomic E-state index is 0.377. The van der Waals surface area contributed by atoms with E-state index in [1.807, 2.05) is 61.5 Å². The van der Waals surface area contributed by atoms with Gasteiger partial charge in [-0.3, -0.25) is 0 Å². The number of nitrogens with one attached hydrogen (secondary N) is 1. The largest absolute Gasteiger partial charge is 0.496 e. The first kappa shape index (κ1) is 16.9. The fourth-order valence-electron chi connectivity index (χ4n) is 2.64. The number of aliphatic hydroxyl groups is 1. The maximum Gasteiger partial charge on any atom is 0.130 e. The van der Waals surface area contributed by atoms with E-state index in [1.54, 1.807) is 7.11 Å². The highest BCUT2D eigenvalue weighted by molar-refractivity contribution is 5.64. The molecule has 2 N–H and O–H groups in total. The Morgan fingerprint density at radius 3 is 2.60 bits per heavy atom. The van der Waals surface area contributed by atoms with Crippen LogP contribution in [0.15, 0.2) is 60.9 Å². The van der Waals surface area contributed by atoms with E-state index in [2.05, 4.69) is 15.3 Å². The first-order valence-electron chi connectivity index (χ1n) is 8.11. The predicted octanol–water partition coefficient (Wildman–Crippen LogP) is 3.61. The van der Waals surface area contributed by atoms with Crippen molar-refractivity contribution in [1.82, 2.24) is 9.97 Å². The van der Waals surface area contributed by atoms with Crippen molar-refractivity contribution in [3.63, 3.8) is 0 Å². The third-order valence-electron chi connectivity index (χ3n) is 4.02. The number of aliphatic hydroxyl groups excluding tert-OH is 1. The van der Waals surface area contributed by atoms with Crippen LogP contribution < -0.4 is 10.1 Å². The van der Waals surface area contributed by atoms with Crippen molar-refractivity contribution in [2.45, 2.75) is 13.0 Å². The zero-order valence-corrected chi connectivity index (χ0v) is 14.3. The van der Waals surface area contributed by atoms with E-state index in [9.17, 15) is 5.11 Å². The number of aromatic nitrogens is 2. The van der Waals surface area contributed by atoms with Gasteiger partial charge in [0.1, 0.15) is 17.9 Å². The van der Waals surface area contributed by atoms with E-state index in [0.29, 0.717) is 12.4 Å². The Morgan fingerprint density at radius 1 is 1.08 bits per heavy atom. The van der Waals surface area contributed by atoms with E-state index in [0.717, 1.165) is 28.1 Å². The second kappa shape index (κ2) is 7.77. The topological polar surface area (TPSA) is 67.3 Å². The summed E-state index contributed by atoms with van der Waals surface area (Å²) in [5.74, 6) is 1.52. The van der Waals surface area contributed by atoms with Crippen LogP contribution in [0.3, 0.4) is 0 Å². The van der Waals surface area contributed by atoms with Crippen LogP contribution in [0, 0.1) is 6.92 Å². The van der Waals surface area contributed by atoms with E-state index in [4.69, 9.17) is 4.74 Å². The van der Waals surface area contributed by atoms with Gasteiger partial charge in [-0.2, -0.15) is 0 Å². The molecule has 0 bridgehead atoms. The third kappa shape index (κ3) is 4.14. The number of anilines is 1. The average molecular weight is 335 g/mol. The zero-order chi connectivity index (χ0) is 17.6. The molecule has 0 aliphatic rings. The van der Waals surface area contributed by atoms with Gasteiger partial charge >= 0.3 is 0 Å². The quantitative estimate of drug-likeness (QED) is 0.720. The number of nitrogens with zero attached hydrogens (tertiary/aromatic N) is 2. The molecule has 0 saturated carbocycles. The minimum atomic E-state index is -0.595. The van der Waals surface area contributed by atoms with Crippen molar-refractivity contribution in [3.05, 3.63) is 72.1 Å². The normalized spacial score (nSPS) is 11.8. The number of benzene rings is 2. The summed E-state index contributed by atoms with van der Waals surface area (Å²) in [6, 6.07) is 17.4. The van der Waals surface area contributed by atoms with Crippen LogP contribution in [-0.2, 0) is 0 Å². The van der Waals surface area contributed by atoms with Crippen molar-refractivity contribution in [3.8, 4) is 17.0 Å². The van der Waals surface area contributed by atoms with Gasteiger partial charge in [-0.25, -0.2) is 9.97 Å². The lowest BCUT2D eigenvalue weighted by Crippen LogP contribution is -2.13. The molecule has 0 amide bonds. The minimum Gasteiger partial charge on any atom is -0.496 e. The molecule has 5 nitrogen and oxygen atoms in total. The Bertz CT molecular complexity index is 837. The molecule has 0 fully saturated rings. The number of hydrogen-bond acceptors (Lipinski definition) is 5. The molecular weight excluding hydrogens is 314 g/mol. The first-order valence-corrected chi connectivity index (χ1v) is 8.11. The number of hydrogen-bond donors (Lipinski definition) is 2. The zero-order valence-electron chi connectivity index (χ0n) is 14.3. The van der Waals surface area contributed by atoms with Gasteiger partial charge in [0.25, 0.3) is 0 Å². The second-order valence-electron chi connectivity index (χ2n) is 5.78. The third-order valence-corrected chi connectivity index (χ3v) is 4.02. The molecule has 2 aromatic carbocycles. The Labute approximate surface area is 147 Å². The maximum absolute atomic E-state index is 10.2. The molecule has 0 radical (unpaired) electrons. The van der Waals surface area contributed by atoms with Crippen molar-refractivity contribution >= 4 is 5.82 Å². The van der Waals surface area contributed by atoms with Crippen LogP contribution >= 0.6 is 0 Å². The second-order valence-corrected chi connectivity index (χ2v) is 5.78. The number of rotatable bonds is 6. The fraction of sp³-hybridized carbons (Fsp3) is 0.200. The Kier molecular flexibility index (Phi) is 5.26. The van der Waals surface area contributed by atoms with Crippen LogP contribution in [0.5, 0.6) is 5.75 Å². The SMILES string of the molecule is COc1ccc(-c2cc(NC[C@H](O)c3ccccc3)ncn2)cc1C. The van der Waals surface area contributed by atoms with Crippen LogP contribution in [0.1, 0.15) is 17.2 Å². The summed E-state index contributed by atoms with van der Waals surface area (Å²) in [7, 11) is 1.66.